The third-order valence-electron chi connectivity index (χ3n) is 5.62. The van der Waals surface area contributed by atoms with Crippen molar-refractivity contribution in [3.05, 3.63) is 81.7 Å². The molecule has 1 aromatic heterocycles. The summed E-state index contributed by atoms with van der Waals surface area (Å²) in [5.74, 6) is 0.0402. The van der Waals surface area contributed by atoms with Crippen molar-refractivity contribution in [2.24, 2.45) is 4.99 Å². The molecule has 2 aromatic carbocycles. The normalized spacial score (nSPS) is 15.2. The third kappa shape index (κ3) is 3.99. The molecule has 0 aliphatic carbocycles. The predicted molar refractivity (Wildman–Crippen MR) is 119 cm³/mol. The second kappa shape index (κ2) is 8.16. The second-order valence-corrected chi connectivity index (χ2v) is 8.15. The fraction of sp³-hybridized carbons (Fsp3) is 0.167. The van der Waals surface area contributed by atoms with Crippen LogP contribution in [0.15, 0.2) is 59.7 Å². The van der Waals surface area contributed by atoms with Crippen molar-refractivity contribution in [1.29, 1.82) is 0 Å². The minimum atomic E-state index is -0.390. The zero-order valence-corrected chi connectivity index (χ0v) is 17.7. The van der Waals surface area contributed by atoms with Crippen LogP contribution >= 0.6 is 11.6 Å². The second-order valence-electron chi connectivity index (χ2n) is 7.71. The van der Waals surface area contributed by atoms with Gasteiger partial charge in [-0.3, -0.25) is 9.59 Å². The molecule has 0 unspecified atom stereocenters. The fourth-order valence-corrected chi connectivity index (χ4v) is 4.19. The number of nitrogens with zero attached hydrogens (tertiary/aromatic N) is 4. The highest BCUT2D eigenvalue weighted by atomic mass is 35.5. The summed E-state index contributed by atoms with van der Waals surface area (Å²) in [6.45, 7) is 2.40. The maximum absolute atomic E-state index is 13.6. The van der Waals surface area contributed by atoms with Crippen LogP contribution in [-0.2, 0) is 4.79 Å². The van der Waals surface area contributed by atoms with Crippen LogP contribution in [0.1, 0.15) is 10.4 Å². The molecule has 3 heterocycles. The summed E-state index contributed by atoms with van der Waals surface area (Å²) in [6.07, 6.45) is 3.16. The van der Waals surface area contributed by atoms with Gasteiger partial charge < -0.3 is 9.80 Å². The molecule has 3 aromatic rings. The maximum Gasteiger partial charge on any atom is 0.270 e. The summed E-state index contributed by atoms with van der Waals surface area (Å²) in [4.78, 5) is 36.7. The van der Waals surface area contributed by atoms with Crippen molar-refractivity contribution >= 4 is 35.3 Å². The largest absolute Gasteiger partial charge is 0.353 e. The van der Waals surface area contributed by atoms with Crippen LogP contribution in [0.25, 0.3) is 17.2 Å². The van der Waals surface area contributed by atoms with E-state index in [9.17, 15) is 14.0 Å². The fourth-order valence-electron chi connectivity index (χ4n) is 3.97. The average Bonchev–Trinajstić information content (AvgIpc) is 3.17. The molecule has 2 aliphatic rings. The minimum Gasteiger partial charge on any atom is -0.353 e. The molecule has 0 atom stereocenters. The number of amides is 2. The highest BCUT2D eigenvalue weighted by Gasteiger charge is 2.23. The Labute approximate surface area is 188 Å². The molecular formula is C24H18ClFN4O2. The van der Waals surface area contributed by atoms with Gasteiger partial charge in [0, 0.05) is 59.8 Å². The predicted octanol–water partition coefficient (Wildman–Crippen LogP) is 2.44. The number of carbonyl (C=O) groups is 2. The van der Waals surface area contributed by atoms with Gasteiger partial charge in [-0.1, -0.05) is 17.7 Å². The molecule has 0 spiro atoms. The first-order chi connectivity index (χ1) is 15.5. The van der Waals surface area contributed by atoms with Crippen molar-refractivity contribution in [2.75, 3.05) is 31.1 Å². The highest BCUT2D eigenvalue weighted by Crippen LogP contribution is 2.25. The van der Waals surface area contributed by atoms with E-state index in [1.54, 1.807) is 35.4 Å². The Bertz CT molecular complexity index is 1330. The number of piperazine rings is 1. The van der Waals surface area contributed by atoms with Gasteiger partial charge in [-0.05, 0) is 48.0 Å². The van der Waals surface area contributed by atoms with E-state index in [1.165, 1.54) is 18.2 Å². The average molecular weight is 449 g/mol. The van der Waals surface area contributed by atoms with Crippen molar-refractivity contribution in [3.63, 3.8) is 0 Å². The number of aromatic nitrogens is 1. The Morgan fingerprint density at radius 2 is 1.78 bits per heavy atom. The molecule has 0 saturated carbocycles. The smallest absolute Gasteiger partial charge is 0.270 e. The monoisotopic (exact) mass is 448 g/mol. The van der Waals surface area contributed by atoms with E-state index in [0.29, 0.717) is 47.7 Å². The van der Waals surface area contributed by atoms with E-state index in [0.717, 1.165) is 16.6 Å². The molecule has 0 bridgehead atoms. The van der Waals surface area contributed by atoms with E-state index >= 15 is 0 Å². The minimum absolute atomic E-state index is 0.0757. The molecule has 2 amide bonds. The van der Waals surface area contributed by atoms with Crippen LogP contribution < -0.4 is 15.5 Å². The quantitative estimate of drug-likeness (QED) is 0.617. The van der Waals surface area contributed by atoms with E-state index in [1.807, 2.05) is 12.1 Å². The highest BCUT2D eigenvalue weighted by molar-refractivity contribution is 6.30. The summed E-state index contributed by atoms with van der Waals surface area (Å²) in [5.41, 5.74) is 1.98. The van der Waals surface area contributed by atoms with Crippen LogP contribution in [0, 0.1) is 5.82 Å². The molecule has 0 radical (unpaired) electrons. The standard InChI is InChI=1S/C24H18ClFN4O2/c25-19-9-18(10-20(26)13-19)17-3-4-22(27-14-17)29-5-7-30(8-6-29)24(32)16-2-1-15-12-23(31)28-21(15)11-16/h1-4,9-14H,5-8H2. The molecule has 0 N–H and O–H groups in total. The third-order valence-corrected chi connectivity index (χ3v) is 5.84. The number of pyridine rings is 1. The number of benzene rings is 2. The van der Waals surface area contributed by atoms with Gasteiger partial charge in [0.25, 0.3) is 11.8 Å². The molecule has 160 valence electrons. The Morgan fingerprint density at radius 1 is 0.969 bits per heavy atom. The summed E-state index contributed by atoms with van der Waals surface area (Å²) < 4.78 is 13.6. The number of carbonyl (C=O) groups excluding carboxylic acids is 2. The van der Waals surface area contributed by atoms with Gasteiger partial charge in [0.05, 0.1) is 5.36 Å². The SMILES string of the molecule is O=C1C=c2ccc(C(=O)N3CCN(c4ccc(-c5cc(F)cc(Cl)c5)cn4)CC3)cc2=N1. The first-order valence-electron chi connectivity index (χ1n) is 10.2. The van der Waals surface area contributed by atoms with Gasteiger partial charge >= 0.3 is 0 Å². The molecule has 2 aliphatic heterocycles. The van der Waals surface area contributed by atoms with E-state index in [4.69, 9.17) is 11.6 Å². The maximum atomic E-state index is 13.6. The van der Waals surface area contributed by atoms with Crippen LogP contribution in [0.4, 0.5) is 10.2 Å². The molecule has 6 nitrogen and oxygen atoms in total. The lowest BCUT2D eigenvalue weighted by molar-refractivity contribution is -0.112. The lowest BCUT2D eigenvalue weighted by Gasteiger charge is -2.35. The van der Waals surface area contributed by atoms with Gasteiger partial charge in [0.15, 0.2) is 0 Å². The van der Waals surface area contributed by atoms with Gasteiger partial charge in [-0.25, -0.2) is 14.4 Å². The number of hydrogen-bond donors (Lipinski definition) is 0. The lowest BCUT2D eigenvalue weighted by Crippen LogP contribution is -2.49. The van der Waals surface area contributed by atoms with Gasteiger partial charge in [-0.2, -0.15) is 0 Å². The van der Waals surface area contributed by atoms with E-state index in [2.05, 4.69) is 14.9 Å². The van der Waals surface area contributed by atoms with Gasteiger partial charge in [0.1, 0.15) is 11.6 Å². The number of rotatable bonds is 3. The van der Waals surface area contributed by atoms with Crippen molar-refractivity contribution in [1.82, 2.24) is 9.88 Å². The molecule has 32 heavy (non-hydrogen) atoms. The van der Waals surface area contributed by atoms with Crippen LogP contribution in [-0.4, -0.2) is 47.9 Å². The molecule has 5 rings (SSSR count). The zero-order chi connectivity index (χ0) is 22.2. The Morgan fingerprint density at radius 3 is 2.50 bits per heavy atom. The summed E-state index contributed by atoms with van der Waals surface area (Å²) in [6, 6.07) is 13.3. The van der Waals surface area contributed by atoms with Crippen molar-refractivity contribution < 1.29 is 14.0 Å². The Balaban J connectivity index is 1.25. The van der Waals surface area contributed by atoms with Crippen molar-refractivity contribution in [3.8, 4) is 11.1 Å². The summed E-state index contributed by atoms with van der Waals surface area (Å²) in [5, 5.41) is 1.63. The number of anilines is 1. The van der Waals surface area contributed by atoms with Gasteiger partial charge in [0.2, 0.25) is 0 Å². The first-order valence-corrected chi connectivity index (χ1v) is 10.6. The molecule has 1 saturated heterocycles. The van der Waals surface area contributed by atoms with E-state index < -0.39 is 0 Å². The number of hydrogen-bond acceptors (Lipinski definition) is 4. The summed E-state index contributed by atoms with van der Waals surface area (Å²) >= 11 is 5.95. The van der Waals surface area contributed by atoms with Crippen molar-refractivity contribution in [2.45, 2.75) is 0 Å². The number of halogens is 2. The molecule has 1 fully saturated rings. The van der Waals surface area contributed by atoms with Gasteiger partial charge in [-0.15, -0.1) is 0 Å². The Kier molecular flexibility index (Phi) is 5.19. The number of fused-ring (bicyclic) bond motifs is 1. The molecular weight excluding hydrogens is 431 g/mol. The summed E-state index contributed by atoms with van der Waals surface area (Å²) in [7, 11) is 0. The van der Waals surface area contributed by atoms with Crippen LogP contribution in [0.2, 0.25) is 5.02 Å². The van der Waals surface area contributed by atoms with E-state index in [-0.39, 0.29) is 17.6 Å². The zero-order valence-electron chi connectivity index (χ0n) is 17.0. The van der Waals surface area contributed by atoms with Crippen LogP contribution in [0.5, 0.6) is 0 Å². The van der Waals surface area contributed by atoms with Crippen LogP contribution in [0.3, 0.4) is 0 Å². The molecule has 8 heteroatoms. The lowest BCUT2D eigenvalue weighted by atomic mass is 10.1. The topological polar surface area (TPSA) is 65.9 Å². The Hall–Kier alpha value is -3.58. The first kappa shape index (κ1) is 20.3.